The normalized spacial score (nSPS) is 38.8. The third kappa shape index (κ3) is 2.43. The number of carbonyl (C=O) groups excluding carboxylic acids is 2. The van der Waals surface area contributed by atoms with E-state index in [9.17, 15) is 9.59 Å². The lowest BCUT2D eigenvalue weighted by molar-refractivity contribution is -0.141. The van der Waals surface area contributed by atoms with Crippen LogP contribution in [0.5, 0.6) is 0 Å². The Balaban J connectivity index is 1.81. The van der Waals surface area contributed by atoms with Crippen molar-refractivity contribution in [2.24, 2.45) is 5.92 Å². The molecule has 112 valence electrons. The number of ether oxygens (including phenoxy) is 1. The number of hydrogen-bond donors (Lipinski definition) is 1. The number of carbonyl (C=O) groups is 2. The van der Waals surface area contributed by atoms with Crippen molar-refractivity contribution in [3.05, 3.63) is 0 Å². The minimum absolute atomic E-state index is 0.00455. The van der Waals surface area contributed by atoms with Gasteiger partial charge in [0.2, 0.25) is 11.8 Å². The smallest absolute Gasteiger partial charge is 0.248 e. The molecule has 0 spiro atoms. The predicted molar refractivity (Wildman–Crippen MR) is 74.0 cm³/mol. The Morgan fingerprint density at radius 3 is 2.70 bits per heavy atom. The summed E-state index contributed by atoms with van der Waals surface area (Å²) < 4.78 is 5.67. The monoisotopic (exact) mass is 280 g/mol. The van der Waals surface area contributed by atoms with E-state index in [4.69, 9.17) is 4.74 Å². The van der Waals surface area contributed by atoms with Crippen LogP contribution in [0.15, 0.2) is 0 Å². The van der Waals surface area contributed by atoms with Gasteiger partial charge in [-0.3, -0.25) is 9.59 Å². The van der Waals surface area contributed by atoms with E-state index >= 15 is 0 Å². The Bertz CT molecular complexity index is 415. The molecule has 1 aliphatic carbocycles. The number of hydrogen-bond acceptors (Lipinski definition) is 3. The van der Waals surface area contributed by atoms with Crippen LogP contribution in [0.4, 0.5) is 0 Å². The molecule has 3 unspecified atom stereocenters. The number of rotatable bonds is 3. The molecule has 3 rings (SSSR count). The lowest BCUT2D eigenvalue weighted by Gasteiger charge is -2.35. The van der Waals surface area contributed by atoms with Crippen molar-refractivity contribution >= 4 is 11.8 Å². The van der Waals surface area contributed by atoms with Gasteiger partial charge < -0.3 is 15.0 Å². The van der Waals surface area contributed by atoms with Crippen LogP contribution in [0, 0.1) is 5.92 Å². The molecule has 0 aromatic carbocycles. The van der Waals surface area contributed by atoms with Crippen molar-refractivity contribution in [3.8, 4) is 0 Å². The predicted octanol–water partition coefficient (Wildman–Crippen LogP) is 1.07. The van der Waals surface area contributed by atoms with Crippen LogP contribution < -0.4 is 5.32 Å². The number of nitrogens with one attached hydrogen (secondary N) is 1. The van der Waals surface area contributed by atoms with Crippen LogP contribution in [-0.2, 0) is 14.3 Å². The first-order valence-corrected chi connectivity index (χ1v) is 7.74. The second-order valence-electron chi connectivity index (χ2n) is 6.67. The fraction of sp³-hybridized carbons (Fsp3) is 0.867. The van der Waals surface area contributed by atoms with E-state index in [0.717, 1.165) is 32.3 Å². The van der Waals surface area contributed by atoms with Gasteiger partial charge in [-0.1, -0.05) is 0 Å². The molecule has 3 aliphatic rings. The maximum Gasteiger partial charge on any atom is 0.248 e. The Labute approximate surface area is 120 Å². The van der Waals surface area contributed by atoms with Crippen molar-refractivity contribution < 1.29 is 14.3 Å². The van der Waals surface area contributed by atoms with Gasteiger partial charge >= 0.3 is 0 Å². The molecule has 5 nitrogen and oxygen atoms in total. The first-order valence-electron chi connectivity index (χ1n) is 7.74. The Morgan fingerprint density at radius 1 is 1.35 bits per heavy atom. The number of amides is 2. The second-order valence-corrected chi connectivity index (χ2v) is 6.67. The highest BCUT2D eigenvalue weighted by Gasteiger charge is 2.52. The highest BCUT2D eigenvalue weighted by Crippen LogP contribution is 2.42. The molecule has 2 saturated heterocycles. The Kier molecular flexibility index (Phi) is 3.48. The lowest BCUT2D eigenvalue weighted by atomic mass is 9.93. The third-order valence-electron chi connectivity index (χ3n) is 4.94. The molecule has 3 atom stereocenters. The van der Waals surface area contributed by atoms with Gasteiger partial charge in [-0.15, -0.1) is 0 Å². The van der Waals surface area contributed by atoms with Gasteiger partial charge in [-0.05, 0) is 45.4 Å². The fourth-order valence-electron chi connectivity index (χ4n) is 3.48. The molecular formula is C15H24N2O3. The van der Waals surface area contributed by atoms with Crippen LogP contribution in [-0.4, -0.2) is 47.6 Å². The highest BCUT2D eigenvalue weighted by molar-refractivity contribution is 5.94. The zero-order valence-electron chi connectivity index (χ0n) is 12.4. The molecule has 0 aromatic rings. The summed E-state index contributed by atoms with van der Waals surface area (Å²) in [4.78, 5) is 26.9. The summed E-state index contributed by atoms with van der Waals surface area (Å²) in [5.41, 5.74) is -0.708. The van der Waals surface area contributed by atoms with E-state index in [1.54, 1.807) is 0 Å². The minimum atomic E-state index is -0.708. The molecule has 0 bridgehead atoms. The highest BCUT2D eigenvalue weighted by atomic mass is 16.5. The van der Waals surface area contributed by atoms with E-state index in [0.29, 0.717) is 18.9 Å². The Morgan fingerprint density at radius 2 is 2.10 bits per heavy atom. The SMILES string of the molecule is CC1CC(=O)NC(C)(C2CC2)C(=O)N1CC1CCCO1. The van der Waals surface area contributed by atoms with Crippen molar-refractivity contribution in [1.82, 2.24) is 10.2 Å². The molecular weight excluding hydrogens is 256 g/mol. The standard InChI is InChI=1S/C15H24N2O3/c1-10-8-13(18)16-15(2,11-5-6-11)14(19)17(10)9-12-4-3-7-20-12/h10-12H,3-9H2,1-2H3,(H,16,18). The van der Waals surface area contributed by atoms with E-state index < -0.39 is 5.54 Å². The van der Waals surface area contributed by atoms with Gasteiger partial charge in [0.15, 0.2) is 0 Å². The molecule has 2 amide bonds. The first-order chi connectivity index (χ1) is 9.50. The summed E-state index contributed by atoms with van der Waals surface area (Å²) >= 11 is 0. The average Bonchev–Trinajstić information content (AvgIpc) is 3.13. The maximum absolute atomic E-state index is 12.9. The Hall–Kier alpha value is -1.10. The lowest BCUT2D eigenvalue weighted by Crippen LogP contribution is -2.58. The summed E-state index contributed by atoms with van der Waals surface area (Å²) in [6, 6.07) is -0.0488. The summed E-state index contributed by atoms with van der Waals surface area (Å²) in [5.74, 6) is 0.375. The molecule has 3 fully saturated rings. The van der Waals surface area contributed by atoms with Gasteiger partial charge in [0.1, 0.15) is 5.54 Å². The van der Waals surface area contributed by atoms with Gasteiger partial charge in [-0.2, -0.15) is 0 Å². The molecule has 0 aromatic heterocycles. The van der Waals surface area contributed by atoms with Crippen LogP contribution in [0.3, 0.4) is 0 Å². The minimum Gasteiger partial charge on any atom is -0.376 e. The summed E-state index contributed by atoms with van der Waals surface area (Å²) in [7, 11) is 0. The van der Waals surface area contributed by atoms with E-state index in [1.165, 1.54) is 0 Å². The summed E-state index contributed by atoms with van der Waals surface area (Å²) in [5, 5.41) is 2.98. The second kappa shape index (κ2) is 5.02. The van der Waals surface area contributed by atoms with Gasteiger partial charge in [0, 0.05) is 25.6 Å². The molecule has 0 radical (unpaired) electrons. The summed E-state index contributed by atoms with van der Waals surface area (Å²) in [6.45, 7) is 5.27. The molecule has 5 heteroatoms. The maximum atomic E-state index is 12.9. The van der Waals surface area contributed by atoms with Crippen LogP contribution in [0.2, 0.25) is 0 Å². The van der Waals surface area contributed by atoms with Gasteiger partial charge in [0.25, 0.3) is 0 Å². The molecule has 2 aliphatic heterocycles. The van der Waals surface area contributed by atoms with Crippen LogP contribution in [0.25, 0.3) is 0 Å². The molecule has 1 N–H and O–H groups in total. The van der Waals surface area contributed by atoms with Crippen molar-refractivity contribution in [3.63, 3.8) is 0 Å². The van der Waals surface area contributed by atoms with E-state index in [-0.39, 0.29) is 24.0 Å². The number of nitrogens with zero attached hydrogens (tertiary/aromatic N) is 1. The van der Waals surface area contributed by atoms with Crippen LogP contribution in [0.1, 0.15) is 46.0 Å². The largest absolute Gasteiger partial charge is 0.376 e. The fourth-order valence-corrected chi connectivity index (χ4v) is 3.48. The zero-order valence-corrected chi connectivity index (χ0v) is 12.4. The zero-order chi connectivity index (χ0) is 14.3. The van der Waals surface area contributed by atoms with Crippen molar-refractivity contribution in [2.75, 3.05) is 13.2 Å². The van der Waals surface area contributed by atoms with Gasteiger partial charge in [0.05, 0.1) is 6.10 Å². The first kappa shape index (κ1) is 13.9. The van der Waals surface area contributed by atoms with Crippen molar-refractivity contribution in [1.29, 1.82) is 0 Å². The molecule has 2 heterocycles. The third-order valence-corrected chi connectivity index (χ3v) is 4.94. The quantitative estimate of drug-likeness (QED) is 0.841. The molecule has 1 saturated carbocycles. The summed E-state index contributed by atoms with van der Waals surface area (Å²) in [6.07, 6.45) is 4.67. The van der Waals surface area contributed by atoms with E-state index in [2.05, 4.69) is 5.32 Å². The van der Waals surface area contributed by atoms with Crippen molar-refractivity contribution in [2.45, 2.75) is 63.6 Å². The van der Waals surface area contributed by atoms with E-state index in [1.807, 2.05) is 18.7 Å². The van der Waals surface area contributed by atoms with Crippen LogP contribution >= 0.6 is 0 Å². The average molecular weight is 280 g/mol. The van der Waals surface area contributed by atoms with Gasteiger partial charge in [-0.25, -0.2) is 0 Å². The topological polar surface area (TPSA) is 58.6 Å². The molecule has 20 heavy (non-hydrogen) atoms.